The van der Waals surface area contributed by atoms with Gasteiger partial charge in [-0.3, -0.25) is 0 Å². The van der Waals surface area contributed by atoms with Crippen LogP contribution in [0.3, 0.4) is 0 Å². The van der Waals surface area contributed by atoms with Gasteiger partial charge in [0.15, 0.2) is 0 Å². The van der Waals surface area contributed by atoms with Gasteiger partial charge in [-0.05, 0) is 86.2 Å². The van der Waals surface area contributed by atoms with Crippen molar-refractivity contribution in [3.8, 4) is 0 Å². The lowest BCUT2D eigenvalue weighted by Crippen LogP contribution is -2.63. The van der Waals surface area contributed by atoms with Crippen molar-refractivity contribution >= 4 is 0 Å². The van der Waals surface area contributed by atoms with Crippen molar-refractivity contribution in [1.82, 2.24) is 0 Å². The van der Waals surface area contributed by atoms with E-state index in [2.05, 4.69) is 111 Å². The number of hydrogen-bond acceptors (Lipinski definition) is 1. The molecule has 0 bridgehead atoms. The van der Waals surface area contributed by atoms with Gasteiger partial charge < -0.3 is 5.73 Å². The van der Waals surface area contributed by atoms with Gasteiger partial charge in [-0.1, -0.05) is 109 Å². The summed E-state index contributed by atoms with van der Waals surface area (Å²) >= 11 is 0. The second kappa shape index (κ2) is 10.0. The van der Waals surface area contributed by atoms with E-state index in [0.717, 1.165) is 6.42 Å². The van der Waals surface area contributed by atoms with Gasteiger partial charge in [0.25, 0.3) is 0 Å². The molecule has 35 heavy (non-hydrogen) atoms. The first kappa shape index (κ1) is 28.0. The largest absolute Gasteiger partial charge is 0.322 e. The predicted octanol–water partition coefficient (Wildman–Crippen LogP) is 9.25. The van der Waals surface area contributed by atoms with Crippen molar-refractivity contribution in [2.24, 2.45) is 39.7 Å². The van der Waals surface area contributed by atoms with Crippen LogP contribution in [0.4, 0.5) is 0 Å². The molecule has 2 N–H and O–H groups in total. The van der Waals surface area contributed by atoms with Crippen LogP contribution in [0.1, 0.15) is 105 Å². The summed E-state index contributed by atoms with van der Waals surface area (Å²) in [6.45, 7) is 25.5. The lowest BCUT2D eigenvalue weighted by molar-refractivity contribution is -0.130. The average Bonchev–Trinajstić information content (AvgIpc) is 3.10. The van der Waals surface area contributed by atoms with Crippen LogP contribution in [0.5, 0.6) is 0 Å². The molecule has 0 heterocycles. The highest BCUT2D eigenvalue weighted by atomic mass is 14.8. The summed E-state index contributed by atoms with van der Waals surface area (Å²) in [5.74, 6) is 2.63. The summed E-state index contributed by atoms with van der Waals surface area (Å²) < 4.78 is 0. The first-order valence-electron chi connectivity index (χ1n) is 14.1. The second-order valence-corrected chi connectivity index (χ2v) is 13.6. The van der Waals surface area contributed by atoms with Crippen molar-refractivity contribution in [1.29, 1.82) is 0 Å². The van der Waals surface area contributed by atoms with Crippen LogP contribution in [0.2, 0.25) is 0 Å². The van der Waals surface area contributed by atoms with E-state index in [1.54, 1.807) is 11.1 Å². The Kier molecular flexibility index (Phi) is 8.03. The van der Waals surface area contributed by atoms with Gasteiger partial charge in [-0.2, -0.15) is 0 Å². The monoisotopic (exact) mass is 475 g/mol. The zero-order valence-electron chi connectivity index (χ0n) is 24.2. The normalized spacial score (nSPS) is 30.1. The Morgan fingerprint density at radius 1 is 1.14 bits per heavy atom. The van der Waals surface area contributed by atoms with Gasteiger partial charge in [-0.25, -0.2) is 0 Å². The minimum absolute atomic E-state index is 0.00507. The molecule has 0 amide bonds. The number of fused-ring (bicyclic) bond motifs is 3. The molecule has 0 aromatic heterocycles. The van der Waals surface area contributed by atoms with E-state index in [1.807, 2.05) is 0 Å². The topological polar surface area (TPSA) is 26.0 Å². The molecular formula is C34H53N. The SMILES string of the molecule is C=C(C)C1(/C=C\CC(C)(C)C(C)(N)C=CC)C2c3ccccc3CC2C1(CCC(C)C)CC(C)C. The summed E-state index contributed by atoms with van der Waals surface area (Å²) in [6.07, 6.45) is 15.4. The van der Waals surface area contributed by atoms with E-state index in [1.165, 1.54) is 31.3 Å². The summed E-state index contributed by atoms with van der Waals surface area (Å²) in [6, 6.07) is 9.25. The molecule has 1 saturated carbocycles. The first-order valence-corrected chi connectivity index (χ1v) is 14.1. The van der Waals surface area contributed by atoms with Gasteiger partial charge in [0, 0.05) is 16.9 Å². The van der Waals surface area contributed by atoms with Crippen molar-refractivity contribution < 1.29 is 0 Å². The molecule has 2 aliphatic rings. The summed E-state index contributed by atoms with van der Waals surface area (Å²) in [5.41, 5.74) is 11.1. The number of hydrogen-bond donors (Lipinski definition) is 1. The van der Waals surface area contributed by atoms with E-state index in [-0.39, 0.29) is 21.8 Å². The second-order valence-electron chi connectivity index (χ2n) is 13.6. The van der Waals surface area contributed by atoms with Gasteiger partial charge in [0.2, 0.25) is 0 Å². The molecule has 5 unspecified atom stereocenters. The average molecular weight is 476 g/mol. The maximum atomic E-state index is 6.77. The van der Waals surface area contributed by atoms with Crippen LogP contribution in [0.15, 0.2) is 60.7 Å². The standard InChI is InChI=1S/C34H53N/c1-11-18-32(10,35)31(8,9)19-14-20-34(26(6)7)30-28-16-13-12-15-27(28)22-29(30)33(34,23-25(4)5)21-17-24(2)3/h11-16,18,20,24-25,29-30H,6,17,19,21-23,35H2,1-5,7-10H3/b18-11?,20-14-. The first-order chi connectivity index (χ1) is 16.3. The van der Waals surface area contributed by atoms with Crippen molar-refractivity contribution in [2.45, 2.75) is 106 Å². The molecule has 2 aliphatic carbocycles. The highest BCUT2D eigenvalue weighted by Gasteiger charge is 2.71. The Morgan fingerprint density at radius 3 is 2.37 bits per heavy atom. The molecule has 1 heteroatoms. The smallest absolute Gasteiger partial charge is 0.0365 e. The minimum atomic E-state index is -0.350. The molecule has 3 rings (SSSR count). The summed E-state index contributed by atoms with van der Waals surface area (Å²) in [5, 5.41) is 0. The van der Waals surface area contributed by atoms with E-state index in [9.17, 15) is 0 Å². The predicted molar refractivity (Wildman–Crippen MR) is 155 cm³/mol. The molecule has 0 radical (unpaired) electrons. The Labute approximate surface area is 217 Å². The fraction of sp³-hybridized carbons (Fsp3) is 0.647. The number of benzene rings is 1. The molecule has 194 valence electrons. The van der Waals surface area contributed by atoms with Gasteiger partial charge >= 0.3 is 0 Å². The fourth-order valence-corrected chi connectivity index (χ4v) is 7.72. The Morgan fingerprint density at radius 2 is 1.80 bits per heavy atom. The zero-order chi connectivity index (χ0) is 26.2. The fourth-order valence-electron chi connectivity index (χ4n) is 7.72. The Bertz CT molecular complexity index is 959. The van der Waals surface area contributed by atoms with Crippen molar-refractivity contribution in [3.63, 3.8) is 0 Å². The molecule has 5 atom stereocenters. The van der Waals surface area contributed by atoms with Crippen molar-refractivity contribution in [2.75, 3.05) is 0 Å². The summed E-state index contributed by atoms with van der Waals surface area (Å²) in [7, 11) is 0. The molecule has 0 aliphatic heterocycles. The Hall–Kier alpha value is -1.60. The molecule has 1 nitrogen and oxygen atoms in total. The molecule has 1 aromatic carbocycles. The van der Waals surface area contributed by atoms with Crippen LogP contribution >= 0.6 is 0 Å². The van der Waals surface area contributed by atoms with Gasteiger partial charge in [0.05, 0.1) is 0 Å². The highest BCUT2D eigenvalue weighted by molar-refractivity contribution is 5.51. The lowest BCUT2D eigenvalue weighted by atomic mass is 9.33. The van der Waals surface area contributed by atoms with Crippen molar-refractivity contribution in [3.05, 3.63) is 71.8 Å². The number of allylic oxidation sites excluding steroid dienone is 4. The van der Waals surface area contributed by atoms with E-state index in [4.69, 9.17) is 12.3 Å². The zero-order valence-corrected chi connectivity index (χ0v) is 24.2. The Balaban J connectivity index is 2.12. The van der Waals surface area contributed by atoms with E-state index >= 15 is 0 Å². The molecule has 0 spiro atoms. The van der Waals surface area contributed by atoms with Crippen LogP contribution in [-0.4, -0.2) is 5.54 Å². The molecule has 0 saturated heterocycles. The van der Waals surface area contributed by atoms with Crippen LogP contribution in [-0.2, 0) is 6.42 Å². The molecule has 1 fully saturated rings. The molecular weight excluding hydrogens is 422 g/mol. The maximum Gasteiger partial charge on any atom is 0.0365 e. The van der Waals surface area contributed by atoms with Crippen LogP contribution in [0.25, 0.3) is 0 Å². The minimum Gasteiger partial charge on any atom is -0.322 e. The summed E-state index contributed by atoms with van der Waals surface area (Å²) in [4.78, 5) is 0. The van der Waals surface area contributed by atoms with Crippen LogP contribution < -0.4 is 5.73 Å². The van der Waals surface area contributed by atoms with Gasteiger partial charge in [0.1, 0.15) is 0 Å². The van der Waals surface area contributed by atoms with E-state index in [0.29, 0.717) is 23.7 Å². The molecule has 1 aromatic rings. The van der Waals surface area contributed by atoms with Crippen LogP contribution in [0, 0.1) is 34.0 Å². The van der Waals surface area contributed by atoms with Gasteiger partial charge in [-0.15, -0.1) is 0 Å². The quantitative estimate of drug-likeness (QED) is 0.317. The number of nitrogens with two attached hydrogens (primary N) is 1. The van der Waals surface area contributed by atoms with E-state index < -0.39 is 0 Å². The third-order valence-corrected chi connectivity index (χ3v) is 9.88. The third-order valence-electron chi connectivity index (χ3n) is 9.88. The maximum absolute atomic E-state index is 6.77. The third kappa shape index (κ3) is 4.63. The lowest BCUT2D eigenvalue weighted by Gasteiger charge is -2.69. The highest BCUT2D eigenvalue weighted by Crippen LogP contribution is 2.78. The number of rotatable bonds is 11.